The molecule has 3 rings (SSSR count). The van der Waals surface area contributed by atoms with E-state index < -0.39 is 0 Å². The Bertz CT molecular complexity index is 695. The molecule has 0 aliphatic rings. The highest BCUT2D eigenvalue weighted by molar-refractivity contribution is 7.21. The fraction of sp³-hybridized carbons (Fsp3) is 0. The number of thiazole rings is 1. The molecule has 0 atom stereocenters. The summed E-state index contributed by atoms with van der Waals surface area (Å²) in [5.41, 5.74) is 9.43. The van der Waals surface area contributed by atoms with Crippen molar-refractivity contribution in [3.05, 3.63) is 60.7 Å². The van der Waals surface area contributed by atoms with Crippen LogP contribution in [-0.2, 0) is 0 Å². The van der Waals surface area contributed by atoms with Crippen molar-refractivity contribution in [2.75, 3.05) is 0 Å². The quantitative estimate of drug-likeness (QED) is 0.751. The molecule has 88 valence electrons. The Morgan fingerprint density at radius 3 is 2.56 bits per heavy atom. The molecule has 2 N–H and O–H groups in total. The molecule has 1 aromatic heterocycles. The van der Waals surface area contributed by atoms with Crippen molar-refractivity contribution in [2.45, 2.75) is 0 Å². The van der Waals surface area contributed by atoms with E-state index in [-0.39, 0.29) is 0 Å². The number of para-hydroxylation sites is 1. The molecule has 0 spiro atoms. The van der Waals surface area contributed by atoms with E-state index in [4.69, 9.17) is 5.73 Å². The van der Waals surface area contributed by atoms with Gasteiger partial charge in [-0.05, 0) is 12.1 Å². The SMILES string of the molecule is C=C(N)c1ccccc1-c1nc2ccccc2s1. The van der Waals surface area contributed by atoms with Crippen molar-refractivity contribution in [2.24, 2.45) is 5.73 Å². The van der Waals surface area contributed by atoms with Gasteiger partial charge in [-0.2, -0.15) is 0 Å². The monoisotopic (exact) mass is 252 g/mol. The maximum atomic E-state index is 5.83. The Morgan fingerprint density at radius 1 is 1.06 bits per heavy atom. The topological polar surface area (TPSA) is 38.9 Å². The Morgan fingerprint density at radius 2 is 1.78 bits per heavy atom. The summed E-state index contributed by atoms with van der Waals surface area (Å²) >= 11 is 1.67. The molecule has 0 unspecified atom stereocenters. The van der Waals surface area contributed by atoms with Gasteiger partial charge in [0.05, 0.1) is 10.2 Å². The number of nitrogens with two attached hydrogens (primary N) is 1. The van der Waals surface area contributed by atoms with Crippen LogP contribution < -0.4 is 5.73 Å². The average molecular weight is 252 g/mol. The van der Waals surface area contributed by atoms with Gasteiger partial charge in [-0.15, -0.1) is 11.3 Å². The standard InChI is InChI=1S/C15H12N2S/c1-10(16)11-6-2-3-7-12(11)15-17-13-8-4-5-9-14(13)18-15/h2-9H,1,16H2. The Labute approximate surface area is 109 Å². The molecule has 2 nitrogen and oxygen atoms in total. The summed E-state index contributed by atoms with van der Waals surface area (Å²) in [5.74, 6) is 0. The molecule has 0 radical (unpaired) electrons. The fourth-order valence-corrected chi connectivity index (χ4v) is 2.94. The number of aromatic nitrogens is 1. The van der Waals surface area contributed by atoms with Crippen LogP contribution in [0.25, 0.3) is 26.5 Å². The lowest BCUT2D eigenvalue weighted by molar-refractivity contribution is 1.45. The third-order valence-corrected chi connectivity index (χ3v) is 3.87. The summed E-state index contributed by atoms with van der Waals surface area (Å²) in [6, 6.07) is 16.1. The minimum Gasteiger partial charge on any atom is -0.399 e. The maximum Gasteiger partial charge on any atom is 0.125 e. The van der Waals surface area contributed by atoms with E-state index >= 15 is 0 Å². The molecule has 2 aromatic carbocycles. The number of rotatable bonds is 2. The van der Waals surface area contributed by atoms with Crippen LogP contribution in [0, 0.1) is 0 Å². The molecule has 0 aliphatic carbocycles. The van der Waals surface area contributed by atoms with Crippen molar-refractivity contribution in [1.29, 1.82) is 0 Å². The van der Waals surface area contributed by atoms with Crippen molar-refractivity contribution < 1.29 is 0 Å². The number of nitrogens with zero attached hydrogens (tertiary/aromatic N) is 1. The molecule has 0 aliphatic heterocycles. The second kappa shape index (κ2) is 4.27. The lowest BCUT2D eigenvalue weighted by Crippen LogP contribution is -1.96. The Kier molecular flexibility index (Phi) is 2.61. The van der Waals surface area contributed by atoms with Crippen molar-refractivity contribution in [3.63, 3.8) is 0 Å². The second-order valence-corrected chi connectivity index (χ2v) is 5.09. The predicted octanol–water partition coefficient (Wildman–Crippen LogP) is 3.89. The van der Waals surface area contributed by atoms with Crippen molar-refractivity contribution in [1.82, 2.24) is 4.98 Å². The number of fused-ring (bicyclic) bond motifs is 1. The fourth-order valence-electron chi connectivity index (χ4n) is 1.94. The molecule has 3 aromatic rings. The van der Waals surface area contributed by atoms with E-state index in [1.165, 1.54) is 4.70 Å². The lowest BCUT2D eigenvalue weighted by Gasteiger charge is -2.05. The summed E-state index contributed by atoms with van der Waals surface area (Å²) < 4.78 is 1.19. The molecule has 1 heterocycles. The first-order chi connectivity index (χ1) is 8.75. The van der Waals surface area contributed by atoms with E-state index in [2.05, 4.69) is 17.6 Å². The highest BCUT2D eigenvalue weighted by Gasteiger charge is 2.10. The van der Waals surface area contributed by atoms with Crippen molar-refractivity contribution in [3.8, 4) is 10.6 Å². The summed E-state index contributed by atoms with van der Waals surface area (Å²) in [5, 5.41) is 0.985. The molecule has 0 bridgehead atoms. The number of benzene rings is 2. The largest absolute Gasteiger partial charge is 0.399 e. The molecule has 0 saturated carbocycles. The average Bonchev–Trinajstić information content (AvgIpc) is 2.82. The van der Waals surface area contributed by atoms with Gasteiger partial charge >= 0.3 is 0 Å². The zero-order chi connectivity index (χ0) is 12.5. The van der Waals surface area contributed by atoms with Gasteiger partial charge in [0.1, 0.15) is 5.01 Å². The van der Waals surface area contributed by atoms with E-state index in [1.54, 1.807) is 11.3 Å². The summed E-state index contributed by atoms with van der Waals surface area (Å²) in [6.07, 6.45) is 0. The lowest BCUT2D eigenvalue weighted by atomic mass is 10.1. The highest BCUT2D eigenvalue weighted by atomic mass is 32.1. The summed E-state index contributed by atoms with van der Waals surface area (Å²) in [6.45, 7) is 3.82. The van der Waals surface area contributed by atoms with Crippen LogP contribution in [0.4, 0.5) is 0 Å². The van der Waals surface area contributed by atoms with Gasteiger partial charge in [0, 0.05) is 16.8 Å². The second-order valence-electron chi connectivity index (χ2n) is 4.06. The number of hydrogen-bond donors (Lipinski definition) is 1. The van der Waals surface area contributed by atoms with Crippen molar-refractivity contribution >= 4 is 27.3 Å². The van der Waals surface area contributed by atoms with Crippen LogP contribution >= 0.6 is 11.3 Å². The van der Waals surface area contributed by atoms with E-state index in [0.29, 0.717) is 5.70 Å². The first-order valence-corrected chi connectivity index (χ1v) is 6.47. The van der Waals surface area contributed by atoms with Gasteiger partial charge in [-0.25, -0.2) is 4.98 Å². The molecule has 3 heteroatoms. The highest BCUT2D eigenvalue weighted by Crippen LogP contribution is 2.33. The minimum absolute atomic E-state index is 0.574. The van der Waals surface area contributed by atoms with Gasteiger partial charge in [-0.3, -0.25) is 0 Å². The van der Waals surface area contributed by atoms with Crippen LogP contribution in [0.2, 0.25) is 0 Å². The molecule has 0 fully saturated rings. The first-order valence-electron chi connectivity index (χ1n) is 5.65. The smallest absolute Gasteiger partial charge is 0.125 e. The van der Waals surface area contributed by atoms with Crippen LogP contribution in [-0.4, -0.2) is 4.98 Å². The van der Waals surface area contributed by atoms with Gasteiger partial charge in [-0.1, -0.05) is 43.0 Å². The number of hydrogen-bond acceptors (Lipinski definition) is 3. The van der Waals surface area contributed by atoms with Crippen LogP contribution in [0.15, 0.2) is 55.1 Å². The maximum absolute atomic E-state index is 5.83. The van der Waals surface area contributed by atoms with Gasteiger partial charge < -0.3 is 5.73 Å². The van der Waals surface area contributed by atoms with Crippen LogP contribution in [0.1, 0.15) is 5.56 Å². The molecule has 0 amide bonds. The minimum atomic E-state index is 0.574. The molecule has 18 heavy (non-hydrogen) atoms. The predicted molar refractivity (Wildman–Crippen MR) is 78.3 cm³/mol. The van der Waals surface area contributed by atoms with E-state index in [9.17, 15) is 0 Å². The summed E-state index contributed by atoms with van der Waals surface area (Å²) in [4.78, 5) is 4.65. The summed E-state index contributed by atoms with van der Waals surface area (Å²) in [7, 11) is 0. The third kappa shape index (κ3) is 1.79. The first kappa shape index (κ1) is 11.0. The third-order valence-electron chi connectivity index (χ3n) is 2.80. The zero-order valence-corrected chi connectivity index (χ0v) is 10.6. The van der Waals surface area contributed by atoms with E-state index in [0.717, 1.165) is 21.7 Å². The molecular formula is C15H12N2S. The molecular weight excluding hydrogens is 240 g/mol. The van der Waals surface area contributed by atoms with Gasteiger partial charge in [0.25, 0.3) is 0 Å². The molecule has 0 saturated heterocycles. The van der Waals surface area contributed by atoms with E-state index in [1.807, 2.05) is 42.5 Å². The van der Waals surface area contributed by atoms with Crippen LogP contribution in [0.3, 0.4) is 0 Å². The van der Waals surface area contributed by atoms with Gasteiger partial charge in [0.2, 0.25) is 0 Å². The Hall–Kier alpha value is -2.13. The van der Waals surface area contributed by atoms with Gasteiger partial charge in [0.15, 0.2) is 0 Å². The zero-order valence-electron chi connectivity index (χ0n) is 9.76. The Balaban J connectivity index is 2.23. The van der Waals surface area contributed by atoms with Crippen LogP contribution in [0.5, 0.6) is 0 Å². The normalized spacial score (nSPS) is 10.7.